The molecule has 0 aliphatic carbocycles. The maximum Gasteiger partial charge on any atom is 0.286 e. The van der Waals surface area contributed by atoms with Crippen molar-refractivity contribution in [2.24, 2.45) is 4.99 Å². The molecule has 1 aromatic rings. The molecule has 2 heterocycles. The largest absolute Gasteiger partial charge is 0.378 e. The number of benzene rings is 1. The Balaban J connectivity index is 1.74. The second kappa shape index (κ2) is 5.93. The van der Waals surface area contributed by atoms with Gasteiger partial charge >= 0.3 is 0 Å². The Hall–Kier alpha value is -1.75. The fraction of sp³-hybridized carbons (Fsp3) is 0.375. The Morgan fingerprint density at radius 3 is 2.48 bits per heavy atom. The van der Waals surface area contributed by atoms with E-state index < -0.39 is 0 Å². The monoisotopic (exact) mass is 301 g/mol. The van der Waals surface area contributed by atoms with Gasteiger partial charge in [0, 0.05) is 32.9 Å². The van der Waals surface area contributed by atoms with Crippen molar-refractivity contribution in [2.75, 3.05) is 32.1 Å². The summed E-state index contributed by atoms with van der Waals surface area (Å²) in [6, 6.07) is 8.17. The van der Waals surface area contributed by atoms with Crippen molar-refractivity contribution in [1.29, 1.82) is 0 Å². The first-order valence-corrected chi connectivity index (χ1v) is 8.00. The standard InChI is InChI=1S/C16H19N3OS/c1-18(2)13-7-5-12(6-8-13)11-14-15(20)17-16(21-14)19-9-3-4-10-19/h5-8,11H,3-4,9-10H2,1-2H3/b14-11+. The van der Waals surface area contributed by atoms with Crippen LogP contribution in [0.2, 0.25) is 0 Å². The number of hydrogen-bond donors (Lipinski definition) is 0. The van der Waals surface area contributed by atoms with Crippen LogP contribution >= 0.6 is 11.8 Å². The number of carbonyl (C=O) groups excluding carboxylic acids is 1. The highest BCUT2D eigenvalue weighted by Crippen LogP contribution is 2.31. The van der Waals surface area contributed by atoms with Crippen LogP contribution in [0.1, 0.15) is 18.4 Å². The van der Waals surface area contributed by atoms with E-state index in [2.05, 4.69) is 26.9 Å². The van der Waals surface area contributed by atoms with Crippen molar-refractivity contribution >= 4 is 34.6 Å². The molecule has 2 aliphatic rings. The molecule has 0 saturated carbocycles. The van der Waals surface area contributed by atoms with Crippen LogP contribution in [0.4, 0.5) is 5.69 Å². The number of likely N-dealkylation sites (tertiary alicyclic amines) is 1. The molecule has 0 radical (unpaired) electrons. The number of rotatable bonds is 2. The summed E-state index contributed by atoms with van der Waals surface area (Å²) >= 11 is 1.50. The van der Waals surface area contributed by atoms with Gasteiger partial charge in [-0.05, 0) is 48.4 Å². The smallest absolute Gasteiger partial charge is 0.286 e. The van der Waals surface area contributed by atoms with E-state index >= 15 is 0 Å². The highest BCUT2D eigenvalue weighted by Gasteiger charge is 2.27. The lowest BCUT2D eigenvalue weighted by atomic mass is 10.2. The minimum atomic E-state index is -0.112. The first-order chi connectivity index (χ1) is 10.1. The summed E-state index contributed by atoms with van der Waals surface area (Å²) in [7, 11) is 4.03. The molecule has 0 N–H and O–H groups in total. The maximum atomic E-state index is 12.0. The lowest BCUT2D eigenvalue weighted by Crippen LogP contribution is -2.23. The molecular formula is C16H19N3OS. The van der Waals surface area contributed by atoms with E-state index in [-0.39, 0.29) is 5.91 Å². The summed E-state index contributed by atoms with van der Waals surface area (Å²) < 4.78 is 0. The molecule has 2 aliphatic heterocycles. The number of nitrogens with zero attached hydrogens (tertiary/aromatic N) is 3. The van der Waals surface area contributed by atoms with Crippen LogP contribution in [0.5, 0.6) is 0 Å². The number of anilines is 1. The zero-order valence-corrected chi connectivity index (χ0v) is 13.2. The average Bonchev–Trinajstić information content (AvgIpc) is 3.10. The van der Waals surface area contributed by atoms with Gasteiger partial charge in [0.1, 0.15) is 0 Å². The van der Waals surface area contributed by atoms with Crippen LogP contribution in [-0.2, 0) is 4.79 Å². The maximum absolute atomic E-state index is 12.0. The summed E-state index contributed by atoms with van der Waals surface area (Å²) in [5.74, 6) is -0.112. The van der Waals surface area contributed by atoms with E-state index in [0.29, 0.717) is 0 Å². The van der Waals surface area contributed by atoms with Gasteiger partial charge in [0.25, 0.3) is 5.91 Å². The molecule has 1 fully saturated rings. The Morgan fingerprint density at radius 1 is 1.19 bits per heavy atom. The molecule has 1 saturated heterocycles. The van der Waals surface area contributed by atoms with Crippen LogP contribution < -0.4 is 4.90 Å². The topological polar surface area (TPSA) is 35.9 Å². The van der Waals surface area contributed by atoms with Crippen LogP contribution in [0.25, 0.3) is 6.08 Å². The molecular weight excluding hydrogens is 282 g/mol. The van der Waals surface area contributed by atoms with Crippen molar-refractivity contribution in [1.82, 2.24) is 4.90 Å². The third-order valence-electron chi connectivity index (χ3n) is 3.69. The SMILES string of the molecule is CN(C)c1ccc(/C=C2/SC(N3CCCC3)=NC2=O)cc1. The molecule has 110 valence electrons. The third kappa shape index (κ3) is 3.13. The van der Waals surface area contributed by atoms with Gasteiger partial charge < -0.3 is 9.80 Å². The van der Waals surface area contributed by atoms with Gasteiger partial charge in [0.15, 0.2) is 5.17 Å². The molecule has 21 heavy (non-hydrogen) atoms. The second-order valence-electron chi connectivity index (χ2n) is 5.49. The Bertz CT molecular complexity index is 598. The van der Waals surface area contributed by atoms with Crippen LogP contribution in [0, 0.1) is 0 Å². The normalized spacial score (nSPS) is 20.3. The van der Waals surface area contributed by atoms with Gasteiger partial charge in [0.05, 0.1) is 4.91 Å². The average molecular weight is 301 g/mol. The zero-order valence-electron chi connectivity index (χ0n) is 12.4. The number of aliphatic imine (C=N–C) groups is 1. The minimum absolute atomic E-state index is 0.112. The Kier molecular flexibility index (Phi) is 4.01. The van der Waals surface area contributed by atoms with E-state index in [9.17, 15) is 4.79 Å². The molecule has 5 heteroatoms. The van der Waals surface area contributed by atoms with E-state index in [1.54, 1.807) is 0 Å². The number of amides is 1. The van der Waals surface area contributed by atoms with Gasteiger partial charge in [-0.2, -0.15) is 4.99 Å². The molecule has 0 unspecified atom stereocenters. The van der Waals surface area contributed by atoms with Crippen molar-refractivity contribution in [2.45, 2.75) is 12.8 Å². The van der Waals surface area contributed by atoms with Crippen molar-refractivity contribution in [3.05, 3.63) is 34.7 Å². The van der Waals surface area contributed by atoms with Crippen molar-refractivity contribution in [3.63, 3.8) is 0 Å². The third-order valence-corrected chi connectivity index (χ3v) is 4.74. The molecule has 0 spiro atoms. The summed E-state index contributed by atoms with van der Waals surface area (Å²) in [6.45, 7) is 2.04. The predicted molar refractivity (Wildman–Crippen MR) is 89.6 cm³/mol. The van der Waals surface area contributed by atoms with E-state index in [1.807, 2.05) is 32.3 Å². The zero-order chi connectivity index (χ0) is 14.8. The van der Waals surface area contributed by atoms with Crippen LogP contribution in [0.15, 0.2) is 34.2 Å². The van der Waals surface area contributed by atoms with Crippen LogP contribution in [-0.4, -0.2) is 43.2 Å². The van der Waals surface area contributed by atoms with E-state index in [0.717, 1.165) is 34.4 Å². The van der Waals surface area contributed by atoms with Crippen molar-refractivity contribution in [3.8, 4) is 0 Å². The lowest BCUT2D eigenvalue weighted by molar-refractivity contribution is -0.113. The molecule has 4 nitrogen and oxygen atoms in total. The van der Waals surface area contributed by atoms with E-state index in [1.165, 1.54) is 24.6 Å². The number of amidine groups is 1. The Morgan fingerprint density at radius 2 is 1.86 bits per heavy atom. The summed E-state index contributed by atoms with van der Waals surface area (Å²) in [5.41, 5.74) is 2.19. The highest BCUT2D eigenvalue weighted by atomic mass is 32.2. The predicted octanol–water partition coefficient (Wildman–Crippen LogP) is 2.82. The fourth-order valence-electron chi connectivity index (χ4n) is 2.46. The summed E-state index contributed by atoms with van der Waals surface area (Å²) in [6.07, 6.45) is 4.32. The number of hydrogen-bond acceptors (Lipinski definition) is 4. The van der Waals surface area contributed by atoms with Crippen LogP contribution in [0.3, 0.4) is 0 Å². The minimum Gasteiger partial charge on any atom is -0.378 e. The number of thioether (sulfide) groups is 1. The fourth-order valence-corrected chi connectivity index (χ4v) is 3.43. The van der Waals surface area contributed by atoms with Crippen molar-refractivity contribution < 1.29 is 4.79 Å². The molecule has 1 aromatic carbocycles. The Labute approximate surface area is 129 Å². The second-order valence-corrected chi connectivity index (χ2v) is 6.50. The molecule has 1 amide bonds. The molecule has 0 bridgehead atoms. The first kappa shape index (κ1) is 14.2. The molecule has 3 rings (SSSR count). The summed E-state index contributed by atoms with van der Waals surface area (Å²) in [5, 5.41) is 0.869. The molecule has 0 atom stereocenters. The lowest BCUT2D eigenvalue weighted by Gasteiger charge is -2.14. The van der Waals surface area contributed by atoms with Gasteiger partial charge in [-0.3, -0.25) is 4.79 Å². The van der Waals surface area contributed by atoms with Gasteiger partial charge in [-0.25, -0.2) is 0 Å². The number of carbonyl (C=O) groups is 1. The highest BCUT2D eigenvalue weighted by molar-refractivity contribution is 8.18. The summed E-state index contributed by atoms with van der Waals surface area (Å²) in [4.78, 5) is 21.2. The van der Waals surface area contributed by atoms with Gasteiger partial charge in [0.2, 0.25) is 0 Å². The van der Waals surface area contributed by atoms with Gasteiger partial charge in [-0.15, -0.1) is 0 Å². The molecule has 0 aromatic heterocycles. The van der Waals surface area contributed by atoms with E-state index in [4.69, 9.17) is 0 Å². The van der Waals surface area contributed by atoms with Gasteiger partial charge in [-0.1, -0.05) is 12.1 Å². The first-order valence-electron chi connectivity index (χ1n) is 7.18. The quantitative estimate of drug-likeness (QED) is 0.787.